The number of carbonyl (C=O) groups excluding carboxylic acids is 2. The van der Waals surface area contributed by atoms with Gasteiger partial charge < -0.3 is 15.7 Å². The summed E-state index contributed by atoms with van der Waals surface area (Å²) in [4.78, 5) is 29.5. The van der Waals surface area contributed by atoms with Crippen LogP contribution >= 0.6 is 0 Å². The first-order valence-corrected chi connectivity index (χ1v) is 8.20. The first-order chi connectivity index (χ1) is 11.5. The summed E-state index contributed by atoms with van der Waals surface area (Å²) in [5, 5.41) is 16.5. The van der Waals surface area contributed by atoms with Crippen molar-refractivity contribution in [3.05, 3.63) is 29.3 Å². The van der Waals surface area contributed by atoms with Crippen molar-refractivity contribution in [2.45, 2.75) is 32.8 Å². The van der Waals surface area contributed by atoms with E-state index in [1.807, 2.05) is 6.92 Å². The molecule has 24 heavy (non-hydrogen) atoms. The Morgan fingerprint density at radius 1 is 1.42 bits per heavy atom. The summed E-state index contributed by atoms with van der Waals surface area (Å²) in [5.41, 5.74) is 1.94. The highest BCUT2D eigenvalue weighted by atomic mass is 16.7. The van der Waals surface area contributed by atoms with Gasteiger partial charge in [-0.15, -0.1) is 0 Å². The highest BCUT2D eigenvalue weighted by Crippen LogP contribution is 2.17. The lowest BCUT2D eigenvalue weighted by Crippen LogP contribution is -2.30. The van der Waals surface area contributed by atoms with Crippen LogP contribution in [0.25, 0.3) is 0 Å². The molecular weight excluding hydrogens is 310 g/mol. The summed E-state index contributed by atoms with van der Waals surface area (Å²) in [6.07, 6.45) is 0.716. The maximum Gasteiger partial charge on any atom is 0.251 e. The molecule has 1 aliphatic rings. The van der Waals surface area contributed by atoms with Crippen LogP contribution in [0.2, 0.25) is 0 Å². The first kappa shape index (κ1) is 18.4. The van der Waals surface area contributed by atoms with Crippen molar-refractivity contribution in [3.63, 3.8) is 0 Å². The molecule has 2 rings (SSSR count). The number of nitrogens with one attached hydrogen (secondary N) is 2. The largest absolute Gasteiger partial charge is 0.392 e. The van der Waals surface area contributed by atoms with Gasteiger partial charge >= 0.3 is 0 Å². The fourth-order valence-electron chi connectivity index (χ4n) is 2.35. The highest BCUT2D eigenvalue weighted by Gasteiger charge is 2.15. The number of carbonyl (C=O) groups is 2. The second-order valence-electron chi connectivity index (χ2n) is 6.00. The molecule has 1 atom stereocenters. The minimum atomic E-state index is -0.605. The molecule has 0 spiro atoms. The van der Waals surface area contributed by atoms with Gasteiger partial charge in [0.05, 0.1) is 12.7 Å². The number of aliphatic hydroxyl groups is 1. The van der Waals surface area contributed by atoms with Gasteiger partial charge in [-0.3, -0.25) is 14.4 Å². The van der Waals surface area contributed by atoms with E-state index in [9.17, 15) is 14.7 Å². The number of amides is 2. The lowest BCUT2D eigenvalue weighted by molar-refractivity contribution is -0.126. The normalized spacial score (nSPS) is 16.0. The third kappa shape index (κ3) is 5.59. The Morgan fingerprint density at radius 3 is 2.88 bits per heavy atom. The van der Waals surface area contributed by atoms with Gasteiger partial charge in [-0.1, -0.05) is 6.07 Å². The van der Waals surface area contributed by atoms with Crippen LogP contribution in [-0.4, -0.2) is 54.3 Å². The Labute approximate surface area is 141 Å². The summed E-state index contributed by atoms with van der Waals surface area (Å²) >= 11 is 0. The van der Waals surface area contributed by atoms with Gasteiger partial charge in [0.1, 0.15) is 0 Å². The Balaban J connectivity index is 1.92. The molecule has 1 unspecified atom stereocenters. The molecule has 0 aromatic heterocycles. The maximum absolute atomic E-state index is 12.1. The average molecular weight is 335 g/mol. The van der Waals surface area contributed by atoms with Gasteiger partial charge in [-0.05, 0) is 38.0 Å². The molecule has 1 aromatic rings. The molecule has 0 saturated carbocycles. The molecule has 1 aromatic carbocycles. The van der Waals surface area contributed by atoms with Crippen molar-refractivity contribution < 1.29 is 19.5 Å². The van der Waals surface area contributed by atoms with Crippen LogP contribution < -0.4 is 10.6 Å². The number of aliphatic hydroxyl groups excluding tert-OH is 1. The molecule has 0 bridgehead atoms. The molecule has 1 fully saturated rings. The molecule has 7 nitrogen and oxygen atoms in total. The van der Waals surface area contributed by atoms with E-state index < -0.39 is 6.10 Å². The number of benzene rings is 1. The fraction of sp³-hybridized carbons (Fsp3) is 0.529. The van der Waals surface area contributed by atoms with Crippen molar-refractivity contribution in [2.75, 3.05) is 31.6 Å². The molecule has 0 aliphatic carbocycles. The van der Waals surface area contributed by atoms with Crippen molar-refractivity contribution in [1.29, 1.82) is 0 Å². The van der Waals surface area contributed by atoms with E-state index in [-0.39, 0.29) is 18.4 Å². The predicted octanol–water partition coefficient (Wildman–Crippen LogP) is 1.07. The zero-order valence-electron chi connectivity index (χ0n) is 14.2. The third-order valence-electron chi connectivity index (χ3n) is 3.75. The lowest BCUT2D eigenvalue weighted by Gasteiger charge is -2.14. The van der Waals surface area contributed by atoms with Crippen LogP contribution in [0.5, 0.6) is 0 Å². The Kier molecular flexibility index (Phi) is 6.72. The summed E-state index contributed by atoms with van der Waals surface area (Å²) in [7, 11) is 0. The number of aryl methyl sites for hydroxylation is 1. The molecule has 0 radical (unpaired) electrons. The van der Waals surface area contributed by atoms with E-state index >= 15 is 0 Å². The van der Waals surface area contributed by atoms with Crippen LogP contribution in [0.1, 0.15) is 35.7 Å². The SMILES string of the molecule is Cc1ccc(C(=O)NCC(C)O)cc1NC(=O)CCN1CCCO1. The third-order valence-corrected chi connectivity index (χ3v) is 3.75. The first-order valence-electron chi connectivity index (χ1n) is 8.20. The van der Waals surface area contributed by atoms with Crippen LogP contribution in [0.4, 0.5) is 5.69 Å². The van der Waals surface area contributed by atoms with Crippen molar-refractivity contribution in [1.82, 2.24) is 10.4 Å². The molecule has 132 valence electrons. The van der Waals surface area contributed by atoms with Crippen LogP contribution in [0, 0.1) is 6.92 Å². The van der Waals surface area contributed by atoms with Gasteiger partial charge in [0, 0.05) is 37.3 Å². The molecule has 2 amide bonds. The quantitative estimate of drug-likeness (QED) is 0.693. The topological polar surface area (TPSA) is 90.9 Å². The molecule has 1 heterocycles. The minimum absolute atomic E-state index is 0.116. The van der Waals surface area contributed by atoms with Crippen LogP contribution in [0.3, 0.4) is 0 Å². The molecule has 3 N–H and O–H groups in total. The van der Waals surface area contributed by atoms with E-state index in [2.05, 4.69) is 10.6 Å². The van der Waals surface area contributed by atoms with Gasteiger partial charge in [-0.2, -0.15) is 5.06 Å². The van der Waals surface area contributed by atoms with Crippen LogP contribution in [0.15, 0.2) is 18.2 Å². The Hall–Kier alpha value is -1.96. The number of hydrogen-bond acceptors (Lipinski definition) is 5. The summed E-state index contributed by atoms with van der Waals surface area (Å²) in [6, 6.07) is 5.13. The summed E-state index contributed by atoms with van der Waals surface area (Å²) in [5.74, 6) is -0.396. The Morgan fingerprint density at radius 2 is 2.21 bits per heavy atom. The van der Waals surface area contributed by atoms with Gasteiger partial charge in [0.2, 0.25) is 5.91 Å². The second kappa shape index (κ2) is 8.77. The van der Waals surface area contributed by atoms with E-state index in [0.29, 0.717) is 30.8 Å². The second-order valence-corrected chi connectivity index (χ2v) is 6.00. The minimum Gasteiger partial charge on any atom is -0.392 e. The van der Waals surface area contributed by atoms with Gasteiger partial charge in [0.25, 0.3) is 5.91 Å². The summed E-state index contributed by atoms with van der Waals surface area (Å²) in [6.45, 7) is 5.78. The maximum atomic E-state index is 12.1. The number of nitrogens with zero attached hydrogens (tertiary/aromatic N) is 1. The smallest absolute Gasteiger partial charge is 0.251 e. The number of rotatable bonds is 7. The molecule has 7 heteroatoms. The van der Waals surface area contributed by atoms with E-state index in [1.165, 1.54) is 0 Å². The molecule has 1 aliphatic heterocycles. The predicted molar refractivity (Wildman–Crippen MR) is 90.6 cm³/mol. The summed E-state index contributed by atoms with van der Waals surface area (Å²) < 4.78 is 0. The van der Waals surface area contributed by atoms with E-state index in [1.54, 1.807) is 30.2 Å². The Bertz CT molecular complexity index is 583. The zero-order valence-corrected chi connectivity index (χ0v) is 14.2. The van der Waals surface area contributed by atoms with Crippen molar-refractivity contribution >= 4 is 17.5 Å². The molecule has 1 saturated heterocycles. The van der Waals surface area contributed by atoms with E-state index in [4.69, 9.17) is 4.84 Å². The zero-order chi connectivity index (χ0) is 17.5. The standard InChI is InChI=1S/C17H25N3O4/c1-12-4-5-14(17(23)18-11-13(2)21)10-15(12)19-16(22)6-8-20-7-3-9-24-20/h4-5,10,13,21H,3,6-9,11H2,1-2H3,(H,18,23)(H,19,22). The molecular formula is C17H25N3O4. The van der Waals surface area contributed by atoms with Gasteiger partial charge in [-0.25, -0.2) is 0 Å². The van der Waals surface area contributed by atoms with Crippen LogP contribution in [-0.2, 0) is 9.63 Å². The van der Waals surface area contributed by atoms with Crippen molar-refractivity contribution in [3.8, 4) is 0 Å². The number of hydroxylamine groups is 2. The highest BCUT2D eigenvalue weighted by molar-refractivity contribution is 5.97. The monoisotopic (exact) mass is 335 g/mol. The van der Waals surface area contributed by atoms with Gasteiger partial charge in [0.15, 0.2) is 0 Å². The van der Waals surface area contributed by atoms with E-state index in [0.717, 1.165) is 18.5 Å². The average Bonchev–Trinajstić information content (AvgIpc) is 3.06. The number of hydrogen-bond donors (Lipinski definition) is 3. The lowest BCUT2D eigenvalue weighted by atomic mass is 10.1. The fourth-order valence-corrected chi connectivity index (χ4v) is 2.35. The number of anilines is 1. The van der Waals surface area contributed by atoms with Crippen molar-refractivity contribution in [2.24, 2.45) is 0 Å².